The topological polar surface area (TPSA) is 40.5 Å². The molecular formula is C40H42O2. The molecule has 2 heteroatoms. The highest BCUT2D eigenvalue weighted by molar-refractivity contribution is 6.27. The molecule has 0 saturated carbocycles. The highest BCUT2D eigenvalue weighted by Gasteiger charge is 2.23. The summed E-state index contributed by atoms with van der Waals surface area (Å²) in [5.74, 6) is 0.749. The Morgan fingerprint density at radius 1 is 0.405 bits per heavy atom. The van der Waals surface area contributed by atoms with Crippen LogP contribution in [0.5, 0.6) is 11.5 Å². The number of phenols is 2. The fourth-order valence-corrected chi connectivity index (χ4v) is 6.99. The van der Waals surface area contributed by atoms with Gasteiger partial charge in [0.05, 0.1) is 0 Å². The average molecular weight is 555 g/mol. The summed E-state index contributed by atoms with van der Waals surface area (Å²) in [7, 11) is 0. The monoisotopic (exact) mass is 554 g/mol. The zero-order valence-electron chi connectivity index (χ0n) is 25.0. The van der Waals surface area contributed by atoms with Crippen molar-refractivity contribution in [2.24, 2.45) is 0 Å². The smallest absolute Gasteiger partial charge is 0.131 e. The van der Waals surface area contributed by atoms with Crippen LogP contribution in [0.1, 0.15) is 76.3 Å². The summed E-state index contributed by atoms with van der Waals surface area (Å²) in [6.07, 6.45) is 11.4. The molecule has 0 atom stereocenters. The van der Waals surface area contributed by atoms with Crippen molar-refractivity contribution >= 4 is 43.1 Å². The normalized spacial score (nSPS) is 11.8. The average Bonchev–Trinajstić information content (AvgIpc) is 3.03. The molecule has 0 aliphatic rings. The number of hydrogen-bond acceptors (Lipinski definition) is 2. The van der Waals surface area contributed by atoms with Crippen molar-refractivity contribution in [2.45, 2.75) is 78.1 Å². The molecule has 0 radical (unpaired) electrons. The van der Waals surface area contributed by atoms with Gasteiger partial charge in [-0.1, -0.05) is 137 Å². The van der Waals surface area contributed by atoms with Crippen LogP contribution < -0.4 is 0 Å². The standard InChI is InChI=1S/C40H42O2/c1-3-5-7-9-17-27-19-15-25-33-35(27)39(41)31-23-13-11-21-29(31)37(33)38-30-22-12-14-24-32(30)40(42)36-28(18-10-8-6-4-2)20-16-26-34(36)38/h11-16,19-26,41-42H,3-10,17-18H2,1-2H3. The first-order chi connectivity index (χ1) is 20.7. The summed E-state index contributed by atoms with van der Waals surface area (Å²) in [5.41, 5.74) is 4.69. The minimum absolute atomic E-state index is 0.374. The molecule has 214 valence electrons. The van der Waals surface area contributed by atoms with Gasteiger partial charge in [0.25, 0.3) is 0 Å². The minimum atomic E-state index is 0.374. The predicted octanol–water partition coefficient (Wildman–Crippen LogP) is 11.6. The lowest BCUT2D eigenvalue weighted by Gasteiger charge is -2.21. The van der Waals surface area contributed by atoms with Gasteiger partial charge in [-0.25, -0.2) is 0 Å². The second-order valence-electron chi connectivity index (χ2n) is 11.8. The van der Waals surface area contributed by atoms with Gasteiger partial charge in [-0.05, 0) is 69.5 Å². The van der Waals surface area contributed by atoms with Crippen molar-refractivity contribution < 1.29 is 10.2 Å². The molecule has 0 aliphatic carbocycles. The maximum atomic E-state index is 11.8. The van der Waals surface area contributed by atoms with E-state index in [1.807, 2.05) is 24.3 Å². The summed E-state index contributed by atoms with van der Waals surface area (Å²) in [5, 5.41) is 31.5. The van der Waals surface area contributed by atoms with Crippen molar-refractivity contribution in [3.8, 4) is 22.6 Å². The predicted molar refractivity (Wildman–Crippen MR) is 181 cm³/mol. The number of aryl methyl sites for hydroxylation is 2. The van der Waals surface area contributed by atoms with E-state index < -0.39 is 0 Å². The van der Waals surface area contributed by atoms with Crippen LogP contribution in [0.15, 0.2) is 84.9 Å². The second kappa shape index (κ2) is 12.4. The Kier molecular flexibility index (Phi) is 8.33. The van der Waals surface area contributed by atoms with E-state index in [9.17, 15) is 10.2 Å². The van der Waals surface area contributed by atoms with Gasteiger partial charge in [-0.3, -0.25) is 0 Å². The molecule has 2 N–H and O–H groups in total. The SMILES string of the molecule is CCCCCCc1cccc2c(-c3c4ccccc4c(O)c4c(CCCCCC)cccc34)c3ccccc3c(O)c12. The first-order valence-corrected chi connectivity index (χ1v) is 16.0. The van der Waals surface area contributed by atoms with E-state index in [4.69, 9.17) is 0 Å². The highest BCUT2D eigenvalue weighted by Crippen LogP contribution is 2.50. The van der Waals surface area contributed by atoms with Gasteiger partial charge in [0.1, 0.15) is 11.5 Å². The van der Waals surface area contributed by atoms with Crippen molar-refractivity contribution in [3.63, 3.8) is 0 Å². The van der Waals surface area contributed by atoms with Gasteiger partial charge in [0, 0.05) is 21.5 Å². The van der Waals surface area contributed by atoms with Crippen LogP contribution in [-0.4, -0.2) is 10.2 Å². The van der Waals surface area contributed by atoms with E-state index in [2.05, 4.69) is 74.5 Å². The van der Waals surface area contributed by atoms with Crippen molar-refractivity contribution in [2.75, 3.05) is 0 Å². The Bertz CT molecular complexity index is 1740. The molecule has 2 nitrogen and oxygen atoms in total. The lowest BCUT2D eigenvalue weighted by Crippen LogP contribution is -1.96. The van der Waals surface area contributed by atoms with Crippen molar-refractivity contribution in [1.29, 1.82) is 0 Å². The van der Waals surface area contributed by atoms with Crippen molar-refractivity contribution in [1.82, 2.24) is 0 Å². The Morgan fingerprint density at radius 3 is 1.19 bits per heavy atom. The summed E-state index contributed by atoms with van der Waals surface area (Å²) in [6, 6.07) is 29.6. The molecule has 0 heterocycles. The zero-order chi connectivity index (χ0) is 29.1. The number of hydrogen-bond donors (Lipinski definition) is 2. The van der Waals surface area contributed by atoms with Gasteiger partial charge in [-0.15, -0.1) is 0 Å². The summed E-state index contributed by atoms with van der Waals surface area (Å²) in [4.78, 5) is 0. The summed E-state index contributed by atoms with van der Waals surface area (Å²) < 4.78 is 0. The molecule has 6 aromatic rings. The minimum Gasteiger partial charge on any atom is -0.507 e. The highest BCUT2D eigenvalue weighted by atomic mass is 16.3. The van der Waals surface area contributed by atoms with Crippen molar-refractivity contribution in [3.05, 3.63) is 96.1 Å². The second-order valence-corrected chi connectivity index (χ2v) is 11.8. The number of phenolic OH excluding ortho intramolecular Hbond substituents is 2. The van der Waals surface area contributed by atoms with Crippen LogP contribution in [0.3, 0.4) is 0 Å². The Labute approximate surface area is 249 Å². The quantitative estimate of drug-likeness (QED) is 0.123. The van der Waals surface area contributed by atoms with Crippen LogP contribution in [0.2, 0.25) is 0 Å². The molecule has 0 aromatic heterocycles. The molecule has 0 saturated heterocycles. The van der Waals surface area contributed by atoms with E-state index in [0.29, 0.717) is 11.5 Å². The first kappa shape index (κ1) is 28.1. The van der Waals surface area contributed by atoms with Crippen LogP contribution >= 0.6 is 0 Å². The molecule has 0 fully saturated rings. The van der Waals surface area contributed by atoms with Gasteiger partial charge >= 0.3 is 0 Å². The number of unbranched alkanes of at least 4 members (excludes halogenated alkanes) is 6. The van der Waals surface area contributed by atoms with Gasteiger partial charge in [0.15, 0.2) is 0 Å². The number of aromatic hydroxyl groups is 2. The van der Waals surface area contributed by atoms with E-state index in [-0.39, 0.29) is 0 Å². The van der Waals surface area contributed by atoms with Gasteiger partial charge in [-0.2, -0.15) is 0 Å². The molecule has 6 aromatic carbocycles. The number of benzene rings is 6. The zero-order valence-corrected chi connectivity index (χ0v) is 25.0. The van der Waals surface area contributed by atoms with E-state index in [1.165, 1.54) is 49.7 Å². The van der Waals surface area contributed by atoms with Crippen LogP contribution in [0.4, 0.5) is 0 Å². The summed E-state index contributed by atoms with van der Waals surface area (Å²) >= 11 is 0. The fourth-order valence-electron chi connectivity index (χ4n) is 6.99. The van der Waals surface area contributed by atoms with Crippen LogP contribution in [0.25, 0.3) is 54.2 Å². The third kappa shape index (κ3) is 4.98. The molecule has 42 heavy (non-hydrogen) atoms. The molecule has 0 bridgehead atoms. The van der Waals surface area contributed by atoms with Crippen LogP contribution in [-0.2, 0) is 12.8 Å². The third-order valence-corrected chi connectivity index (χ3v) is 9.07. The van der Waals surface area contributed by atoms with Gasteiger partial charge < -0.3 is 10.2 Å². The first-order valence-electron chi connectivity index (χ1n) is 16.0. The maximum absolute atomic E-state index is 11.8. The molecule has 0 spiro atoms. The Balaban J connectivity index is 1.70. The molecule has 0 unspecified atom stereocenters. The van der Waals surface area contributed by atoms with E-state index in [1.54, 1.807) is 0 Å². The third-order valence-electron chi connectivity index (χ3n) is 9.07. The van der Waals surface area contributed by atoms with E-state index >= 15 is 0 Å². The fraction of sp³-hybridized carbons (Fsp3) is 0.300. The number of fused-ring (bicyclic) bond motifs is 4. The lowest BCUT2D eigenvalue weighted by atomic mass is 9.83. The largest absolute Gasteiger partial charge is 0.507 e. The maximum Gasteiger partial charge on any atom is 0.131 e. The Hall–Kier alpha value is -4.04. The molecule has 6 rings (SSSR count). The van der Waals surface area contributed by atoms with E-state index in [0.717, 1.165) is 79.9 Å². The van der Waals surface area contributed by atoms with Crippen LogP contribution in [0, 0.1) is 0 Å². The number of rotatable bonds is 11. The Morgan fingerprint density at radius 2 is 0.786 bits per heavy atom. The molecular weight excluding hydrogens is 512 g/mol. The molecule has 0 amide bonds. The van der Waals surface area contributed by atoms with Gasteiger partial charge in [0.2, 0.25) is 0 Å². The lowest BCUT2D eigenvalue weighted by molar-refractivity contribution is 0.486. The molecule has 0 aliphatic heterocycles. The summed E-state index contributed by atoms with van der Waals surface area (Å²) in [6.45, 7) is 4.48.